The number of hydrogen-bond donors (Lipinski definition) is 0. The highest BCUT2D eigenvalue weighted by molar-refractivity contribution is 9.10. The van der Waals surface area contributed by atoms with Crippen LogP contribution in [-0.4, -0.2) is 30.5 Å². The van der Waals surface area contributed by atoms with Gasteiger partial charge in [-0.1, -0.05) is 51.8 Å². The van der Waals surface area contributed by atoms with E-state index in [1.165, 1.54) is 5.56 Å². The lowest BCUT2D eigenvalue weighted by molar-refractivity contribution is -0.0228. The maximum atomic E-state index is 12.6. The van der Waals surface area contributed by atoms with Crippen molar-refractivity contribution in [2.75, 3.05) is 19.7 Å². The number of morpholine rings is 1. The van der Waals surface area contributed by atoms with E-state index in [4.69, 9.17) is 4.74 Å². The van der Waals surface area contributed by atoms with Gasteiger partial charge in [-0.25, -0.2) is 0 Å². The fraction of sp³-hybridized carbons (Fsp3) is 0.278. The van der Waals surface area contributed by atoms with Crippen LogP contribution >= 0.6 is 15.9 Å². The summed E-state index contributed by atoms with van der Waals surface area (Å²) in [5.41, 5.74) is 3.05. The molecule has 0 aromatic heterocycles. The third-order valence-corrected chi connectivity index (χ3v) is 4.37. The molecular formula is C18H18BrNO2. The van der Waals surface area contributed by atoms with Gasteiger partial charge in [0.2, 0.25) is 0 Å². The molecule has 3 nitrogen and oxygen atoms in total. The van der Waals surface area contributed by atoms with Gasteiger partial charge in [-0.3, -0.25) is 4.79 Å². The molecule has 3 rings (SSSR count). The van der Waals surface area contributed by atoms with E-state index < -0.39 is 0 Å². The Morgan fingerprint density at radius 1 is 1.23 bits per heavy atom. The molecule has 0 radical (unpaired) electrons. The van der Waals surface area contributed by atoms with Gasteiger partial charge in [0.25, 0.3) is 5.91 Å². The Bertz CT molecular complexity index is 669. The first kappa shape index (κ1) is 15.3. The van der Waals surface area contributed by atoms with Crippen molar-refractivity contribution in [3.8, 4) is 0 Å². The Labute approximate surface area is 139 Å². The lowest BCUT2D eigenvalue weighted by atomic mass is 10.1. The Kier molecular flexibility index (Phi) is 4.60. The molecule has 114 valence electrons. The number of hydrogen-bond acceptors (Lipinski definition) is 2. The predicted octanol–water partition coefficient (Wildman–Crippen LogP) is 3.97. The molecule has 1 saturated heterocycles. The van der Waals surface area contributed by atoms with Crippen LogP contribution in [0.15, 0.2) is 53.0 Å². The molecule has 0 aliphatic carbocycles. The Morgan fingerprint density at radius 2 is 2.00 bits per heavy atom. The summed E-state index contributed by atoms with van der Waals surface area (Å²) >= 11 is 3.41. The molecule has 1 amide bonds. The van der Waals surface area contributed by atoms with Gasteiger partial charge in [0.05, 0.1) is 13.2 Å². The number of aryl methyl sites for hydroxylation is 1. The Hall–Kier alpha value is -1.65. The minimum absolute atomic E-state index is 0.0505. The van der Waals surface area contributed by atoms with Crippen LogP contribution in [-0.2, 0) is 4.74 Å². The van der Waals surface area contributed by atoms with Gasteiger partial charge in [-0.05, 0) is 30.7 Å². The molecule has 1 atom stereocenters. The zero-order chi connectivity index (χ0) is 15.5. The minimum atomic E-state index is -0.0505. The second-order valence-corrected chi connectivity index (χ2v) is 6.45. The van der Waals surface area contributed by atoms with Crippen molar-refractivity contribution in [3.63, 3.8) is 0 Å². The highest BCUT2D eigenvalue weighted by Crippen LogP contribution is 2.24. The number of carbonyl (C=O) groups is 1. The van der Waals surface area contributed by atoms with E-state index >= 15 is 0 Å². The summed E-state index contributed by atoms with van der Waals surface area (Å²) in [5, 5.41) is 0. The quantitative estimate of drug-likeness (QED) is 0.811. The smallest absolute Gasteiger partial charge is 0.254 e. The number of nitrogens with zero attached hydrogens (tertiary/aromatic N) is 1. The van der Waals surface area contributed by atoms with E-state index in [-0.39, 0.29) is 12.0 Å². The van der Waals surface area contributed by atoms with Crippen LogP contribution in [0.5, 0.6) is 0 Å². The SMILES string of the molecule is Cc1ccc(C2CN(C(=O)c3cccc(Br)c3)CCO2)cc1. The van der Waals surface area contributed by atoms with Crippen LogP contribution in [0.1, 0.15) is 27.6 Å². The number of carbonyl (C=O) groups excluding carboxylic acids is 1. The Balaban J connectivity index is 1.75. The van der Waals surface area contributed by atoms with Crippen LogP contribution in [0.2, 0.25) is 0 Å². The zero-order valence-electron chi connectivity index (χ0n) is 12.5. The summed E-state index contributed by atoms with van der Waals surface area (Å²) < 4.78 is 6.76. The molecule has 22 heavy (non-hydrogen) atoms. The van der Waals surface area contributed by atoms with E-state index in [0.29, 0.717) is 25.3 Å². The van der Waals surface area contributed by atoms with E-state index in [9.17, 15) is 4.79 Å². The fourth-order valence-electron chi connectivity index (χ4n) is 2.62. The third kappa shape index (κ3) is 3.39. The van der Waals surface area contributed by atoms with Crippen LogP contribution in [0, 0.1) is 6.92 Å². The van der Waals surface area contributed by atoms with Crippen LogP contribution < -0.4 is 0 Å². The van der Waals surface area contributed by atoms with Gasteiger partial charge in [-0.15, -0.1) is 0 Å². The van der Waals surface area contributed by atoms with Gasteiger partial charge >= 0.3 is 0 Å². The number of ether oxygens (including phenoxy) is 1. The second-order valence-electron chi connectivity index (χ2n) is 5.53. The van der Waals surface area contributed by atoms with Crippen LogP contribution in [0.3, 0.4) is 0 Å². The van der Waals surface area contributed by atoms with Gasteiger partial charge in [-0.2, -0.15) is 0 Å². The van der Waals surface area contributed by atoms with Gasteiger partial charge in [0.1, 0.15) is 6.10 Å². The van der Waals surface area contributed by atoms with Crippen molar-refractivity contribution in [2.24, 2.45) is 0 Å². The van der Waals surface area contributed by atoms with Crippen molar-refractivity contribution in [1.29, 1.82) is 0 Å². The van der Waals surface area contributed by atoms with E-state index in [2.05, 4.69) is 47.1 Å². The van der Waals surface area contributed by atoms with Crippen molar-refractivity contribution in [3.05, 3.63) is 69.7 Å². The highest BCUT2D eigenvalue weighted by atomic mass is 79.9. The monoisotopic (exact) mass is 359 g/mol. The van der Waals surface area contributed by atoms with E-state index in [1.807, 2.05) is 29.2 Å². The van der Waals surface area contributed by atoms with Gasteiger partial charge in [0.15, 0.2) is 0 Å². The van der Waals surface area contributed by atoms with Crippen molar-refractivity contribution >= 4 is 21.8 Å². The van der Waals surface area contributed by atoms with E-state index in [1.54, 1.807) is 0 Å². The fourth-order valence-corrected chi connectivity index (χ4v) is 3.02. The molecule has 1 aliphatic heterocycles. The topological polar surface area (TPSA) is 29.5 Å². The standard InChI is InChI=1S/C18H18BrNO2/c1-13-5-7-14(8-6-13)17-12-20(9-10-22-17)18(21)15-3-2-4-16(19)11-15/h2-8,11,17H,9-10,12H2,1H3. The first-order chi connectivity index (χ1) is 10.6. The summed E-state index contributed by atoms with van der Waals surface area (Å²) in [7, 11) is 0. The summed E-state index contributed by atoms with van der Waals surface area (Å²) in [6.07, 6.45) is -0.0505. The van der Waals surface area contributed by atoms with Crippen LogP contribution in [0.4, 0.5) is 0 Å². The third-order valence-electron chi connectivity index (χ3n) is 3.87. The predicted molar refractivity (Wildman–Crippen MR) is 89.9 cm³/mol. The average Bonchev–Trinajstić information content (AvgIpc) is 2.55. The summed E-state index contributed by atoms with van der Waals surface area (Å²) in [6.45, 7) is 3.86. The molecule has 0 spiro atoms. The molecule has 1 heterocycles. The second kappa shape index (κ2) is 6.63. The lowest BCUT2D eigenvalue weighted by Crippen LogP contribution is -2.42. The molecule has 1 aliphatic rings. The lowest BCUT2D eigenvalue weighted by Gasteiger charge is -2.33. The van der Waals surface area contributed by atoms with Crippen molar-refractivity contribution < 1.29 is 9.53 Å². The molecular weight excluding hydrogens is 342 g/mol. The first-order valence-electron chi connectivity index (χ1n) is 7.36. The minimum Gasteiger partial charge on any atom is -0.370 e. The maximum absolute atomic E-state index is 12.6. The molecule has 1 unspecified atom stereocenters. The number of amides is 1. The number of rotatable bonds is 2. The van der Waals surface area contributed by atoms with Crippen molar-refractivity contribution in [2.45, 2.75) is 13.0 Å². The summed E-state index contributed by atoms with van der Waals surface area (Å²) in [4.78, 5) is 14.5. The number of benzene rings is 2. The molecule has 0 N–H and O–H groups in total. The number of halogens is 1. The molecule has 4 heteroatoms. The molecule has 1 fully saturated rings. The molecule has 0 saturated carbocycles. The highest BCUT2D eigenvalue weighted by Gasteiger charge is 2.26. The normalized spacial score (nSPS) is 18.3. The van der Waals surface area contributed by atoms with Gasteiger partial charge < -0.3 is 9.64 Å². The maximum Gasteiger partial charge on any atom is 0.254 e. The molecule has 2 aromatic rings. The molecule has 2 aromatic carbocycles. The van der Waals surface area contributed by atoms with Crippen LogP contribution in [0.25, 0.3) is 0 Å². The average molecular weight is 360 g/mol. The summed E-state index contributed by atoms with van der Waals surface area (Å²) in [5.74, 6) is 0.0571. The van der Waals surface area contributed by atoms with Gasteiger partial charge in [0, 0.05) is 16.6 Å². The van der Waals surface area contributed by atoms with Crippen molar-refractivity contribution in [1.82, 2.24) is 4.90 Å². The summed E-state index contributed by atoms with van der Waals surface area (Å²) in [6, 6.07) is 15.8. The zero-order valence-corrected chi connectivity index (χ0v) is 14.0. The largest absolute Gasteiger partial charge is 0.370 e. The first-order valence-corrected chi connectivity index (χ1v) is 8.16. The van der Waals surface area contributed by atoms with E-state index in [0.717, 1.165) is 10.0 Å². The Morgan fingerprint density at radius 3 is 2.73 bits per heavy atom. The molecule has 0 bridgehead atoms.